The highest BCUT2D eigenvalue weighted by Crippen LogP contribution is 2.23. The summed E-state index contributed by atoms with van der Waals surface area (Å²) >= 11 is 0. The Morgan fingerprint density at radius 3 is 1.20 bits per heavy atom. The molecule has 1 amide bonds. The molecule has 0 aromatic carbocycles. The van der Waals surface area contributed by atoms with Crippen molar-refractivity contribution in [3.63, 3.8) is 0 Å². The summed E-state index contributed by atoms with van der Waals surface area (Å²) in [5.41, 5.74) is 0. The van der Waals surface area contributed by atoms with Crippen LogP contribution in [-0.2, 0) is 14.3 Å². The van der Waals surface area contributed by atoms with E-state index in [9.17, 15) is 30.3 Å². The Morgan fingerprint density at radius 2 is 0.847 bits per heavy atom. The molecule has 1 rings (SSSR count). The lowest BCUT2D eigenvalue weighted by atomic mass is 9.99. The average Bonchev–Trinajstić information content (AvgIpc) is 3.23. The SMILES string of the molecule is CCCCCCCCCCCCCCCCCCCCCCCCCCCCCCCCCCCC(O)C(COC1OC(CO)C(O)C(O)C1O)NC(=O)CCCCC. The van der Waals surface area contributed by atoms with Crippen LogP contribution in [0.25, 0.3) is 0 Å². The molecule has 0 spiro atoms. The third-order valence-electron chi connectivity index (χ3n) is 12.7. The third kappa shape index (κ3) is 31.6. The Balaban J connectivity index is 1.95. The fraction of sp³-hybridized carbons (Fsp3) is 0.980. The van der Waals surface area contributed by atoms with Crippen molar-refractivity contribution in [1.82, 2.24) is 5.32 Å². The molecule has 9 nitrogen and oxygen atoms in total. The summed E-state index contributed by atoms with van der Waals surface area (Å²) in [5, 5.41) is 53.8. The summed E-state index contributed by atoms with van der Waals surface area (Å²) in [5.74, 6) is -0.166. The van der Waals surface area contributed by atoms with Crippen LogP contribution < -0.4 is 5.32 Å². The minimum absolute atomic E-state index is 0.136. The van der Waals surface area contributed by atoms with Crippen LogP contribution in [0.2, 0.25) is 0 Å². The van der Waals surface area contributed by atoms with Crippen molar-refractivity contribution in [3.05, 3.63) is 0 Å². The molecule has 0 aromatic heterocycles. The van der Waals surface area contributed by atoms with E-state index in [0.29, 0.717) is 12.8 Å². The molecule has 0 bridgehead atoms. The molecule has 0 radical (unpaired) electrons. The first-order valence-corrected chi connectivity index (χ1v) is 25.7. The number of amides is 1. The van der Waals surface area contributed by atoms with Gasteiger partial charge in [-0.2, -0.15) is 0 Å². The van der Waals surface area contributed by atoms with Gasteiger partial charge in [0.05, 0.1) is 25.4 Å². The third-order valence-corrected chi connectivity index (χ3v) is 12.7. The standard InChI is InChI=1S/C50H99NO8/c1-3-5-7-8-9-10-11-12-13-14-15-16-17-18-19-20-21-22-23-24-25-26-27-28-29-30-31-32-33-34-35-36-38-39-44(53)43(51-46(54)40-37-6-4-2)42-58-50-49(57)48(56)47(55)45(41-52)59-50/h43-45,47-50,52-53,55-57H,3-42H2,1-2H3,(H,51,54). The molecule has 0 aromatic rings. The van der Waals surface area contributed by atoms with E-state index in [1.165, 1.54) is 193 Å². The summed E-state index contributed by atoms with van der Waals surface area (Å²) < 4.78 is 11.1. The zero-order chi connectivity index (χ0) is 43.0. The van der Waals surface area contributed by atoms with Crippen molar-refractivity contribution in [2.75, 3.05) is 13.2 Å². The van der Waals surface area contributed by atoms with E-state index in [1.54, 1.807) is 0 Å². The lowest BCUT2D eigenvalue weighted by molar-refractivity contribution is -0.302. The molecule has 7 unspecified atom stereocenters. The number of rotatable bonds is 44. The van der Waals surface area contributed by atoms with E-state index in [4.69, 9.17) is 9.47 Å². The van der Waals surface area contributed by atoms with Gasteiger partial charge in [0.1, 0.15) is 24.4 Å². The first-order valence-electron chi connectivity index (χ1n) is 25.7. The van der Waals surface area contributed by atoms with E-state index in [1.807, 2.05) is 0 Å². The van der Waals surface area contributed by atoms with Crippen molar-refractivity contribution in [2.45, 2.75) is 301 Å². The maximum Gasteiger partial charge on any atom is 0.220 e. The zero-order valence-corrected chi connectivity index (χ0v) is 38.8. The molecule has 1 aliphatic rings. The summed E-state index contributed by atoms with van der Waals surface area (Å²) in [4.78, 5) is 12.6. The number of hydrogen-bond acceptors (Lipinski definition) is 8. The van der Waals surface area contributed by atoms with Crippen LogP contribution >= 0.6 is 0 Å². The molecule has 1 fully saturated rings. The van der Waals surface area contributed by atoms with Gasteiger partial charge in [0.15, 0.2) is 6.29 Å². The molecular formula is C50H99NO8. The molecule has 1 heterocycles. The van der Waals surface area contributed by atoms with Crippen LogP contribution in [0.3, 0.4) is 0 Å². The van der Waals surface area contributed by atoms with Crippen molar-refractivity contribution in [3.8, 4) is 0 Å². The number of unbranched alkanes of at least 4 members (excludes halogenated alkanes) is 34. The first-order chi connectivity index (χ1) is 28.8. The van der Waals surface area contributed by atoms with E-state index in [-0.39, 0.29) is 12.5 Å². The smallest absolute Gasteiger partial charge is 0.220 e. The normalized spacial score (nSPS) is 20.6. The molecule has 59 heavy (non-hydrogen) atoms. The number of hydrogen-bond donors (Lipinski definition) is 6. The number of nitrogens with one attached hydrogen (secondary N) is 1. The van der Waals surface area contributed by atoms with Crippen LogP contribution in [0.1, 0.15) is 258 Å². The zero-order valence-electron chi connectivity index (χ0n) is 38.8. The lowest BCUT2D eigenvalue weighted by Crippen LogP contribution is -2.60. The second-order valence-electron chi connectivity index (χ2n) is 18.3. The number of carbonyl (C=O) groups is 1. The predicted octanol–water partition coefficient (Wildman–Crippen LogP) is 11.5. The molecule has 9 heteroatoms. The second-order valence-corrected chi connectivity index (χ2v) is 18.3. The Labute approximate surface area is 364 Å². The minimum atomic E-state index is -1.55. The van der Waals surface area contributed by atoms with Gasteiger partial charge in [-0.05, 0) is 12.8 Å². The maximum atomic E-state index is 12.6. The second kappa shape index (κ2) is 41.2. The molecular weight excluding hydrogens is 743 g/mol. The highest BCUT2D eigenvalue weighted by Gasteiger charge is 2.44. The predicted molar refractivity (Wildman–Crippen MR) is 244 cm³/mol. The van der Waals surface area contributed by atoms with Gasteiger partial charge in [-0.25, -0.2) is 0 Å². The van der Waals surface area contributed by atoms with Crippen molar-refractivity contribution in [1.29, 1.82) is 0 Å². The molecule has 7 atom stereocenters. The molecule has 6 N–H and O–H groups in total. The Kier molecular flexibility index (Phi) is 39.3. The summed E-state index contributed by atoms with van der Waals surface area (Å²) in [6, 6.07) is -0.709. The molecule has 0 saturated carbocycles. The molecule has 1 aliphatic heterocycles. The van der Waals surface area contributed by atoms with Gasteiger partial charge < -0.3 is 40.3 Å². The topological polar surface area (TPSA) is 149 Å². The van der Waals surface area contributed by atoms with Gasteiger partial charge in [0.2, 0.25) is 5.91 Å². The van der Waals surface area contributed by atoms with Crippen LogP contribution in [-0.4, -0.2) is 87.5 Å². The molecule has 1 saturated heterocycles. The van der Waals surface area contributed by atoms with Gasteiger partial charge in [0.25, 0.3) is 0 Å². The van der Waals surface area contributed by atoms with E-state index >= 15 is 0 Å². The van der Waals surface area contributed by atoms with Crippen molar-refractivity contribution in [2.24, 2.45) is 0 Å². The fourth-order valence-corrected chi connectivity index (χ4v) is 8.58. The minimum Gasteiger partial charge on any atom is -0.394 e. The van der Waals surface area contributed by atoms with Crippen LogP contribution in [0.4, 0.5) is 0 Å². The Hall–Kier alpha value is -0.810. The summed E-state index contributed by atoms with van der Waals surface area (Å²) in [7, 11) is 0. The Bertz CT molecular complexity index is 893. The monoisotopic (exact) mass is 842 g/mol. The van der Waals surface area contributed by atoms with E-state index in [2.05, 4.69) is 19.2 Å². The molecule has 352 valence electrons. The van der Waals surface area contributed by atoms with E-state index in [0.717, 1.165) is 38.5 Å². The number of ether oxygens (including phenoxy) is 2. The first kappa shape index (κ1) is 56.2. The largest absolute Gasteiger partial charge is 0.394 e. The van der Waals surface area contributed by atoms with Gasteiger partial charge in [0, 0.05) is 6.42 Å². The van der Waals surface area contributed by atoms with Gasteiger partial charge in [-0.15, -0.1) is 0 Å². The number of aliphatic hydroxyl groups excluding tert-OH is 5. The average molecular weight is 842 g/mol. The van der Waals surface area contributed by atoms with Crippen LogP contribution in [0, 0.1) is 0 Å². The van der Waals surface area contributed by atoms with Crippen molar-refractivity contribution >= 4 is 5.91 Å². The maximum absolute atomic E-state index is 12.6. The van der Waals surface area contributed by atoms with Crippen LogP contribution in [0.5, 0.6) is 0 Å². The highest BCUT2D eigenvalue weighted by atomic mass is 16.7. The number of aliphatic hydroxyl groups is 5. The Morgan fingerprint density at radius 1 is 0.508 bits per heavy atom. The summed E-state index contributed by atoms with van der Waals surface area (Å²) in [6.07, 6.45) is 41.1. The number of carbonyl (C=O) groups excluding carboxylic acids is 1. The molecule has 0 aliphatic carbocycles. The quantitative estimate of drug-likeness (QED) is 0.0332. The van der Waals surface area contributed by atoms with Crippen molar-refractivity contribution < 1.29 is 39.8 Å². The van der Waals surface area contributed by atoms with Gasteiger partial charge in [-0.1, -0.05) is 239 Å². The fourth-order valence-electron chi connectivity index (χ4n) is 8.58. The lowest BCUT2D eigenvalue weighted by Gasteiger charge is -2.40. The van der Waals surface area contributed by atoms with E-state index < -0.39 is 49.5 Å². The van der Waals surface area contributed by atoms with Crippen LogP contribution in [0.15, 0.2) is 0 Å². The summed E-state index contributed by atoms with van der Waals surface area (Å²) in [6.45, 7) is 3.68. The van der Waals surface area contributed by atoms with Gasteiger partial charge >= 0.3 is 0 Å². The van der Waals surface area contributed by atoms with Gasteiger partial charge in [-0.3, -0.25) is 4.79 Å². The highest BCUT2D eigenvalue weighted by molar-refractivity contribution is 5.76.